The van der Waals surface area contributed by atoms with E-state index >= 15 is 0 Å². The van der Waals surface area contributed by atoms with Crippen LogP contribution in [0.4, 0.5) is 10.5 Å². The summed E-state index contributed by atoms with van der Waals surface area (Å²) in [6.07, 6.45) is -0.595. The maximum Gasteiger partial charge on any atom is 0.409 e. The van der Waals surface area contributed by atoms with Crippen molar-refractivity contribution in [2.24, 2.45) is 17.6 Å². The molecule has 2 aromatic rings. The van der Waals surface area contributed by atoms with Crippen molar-refractivity contribution in [2.75, 3.05) is 0 Å². The zero-order chi connectivity index (χ0) is 25.4. The topological polar surface area (TPSA) is 159 Å². The van der Waals surface area contributed by atoms with E-state index in [2.05, 4.69) is 0 Å². The molecule has 11 heteroatoms. The molecule has 0 radical (unpaired) electrons. The third kappa shape index (κ3) is 4.35. The Hall–Kier alpha value is -4.54. The summed E-state index contributed by atoms with van der Waals surface area (Å²) in [7, 11) is 0. The van der Waals surface area contributed by atoms with Gasteiger partial charge in [0.05, 0.1) is 22.4 Å². The van der Waals surface area contributed by atoms with E-state index in [1.165, 1.54) is 29.2 Å². The third-order valence-corrected chi connectivity index (χ3v) is 6.04. The molecule has 0 saturated carbocycles. The predicted octanol–water partition coefficient (Wildman–Crippen LogP) is 3.03. The van der Waals surface area contributed by atoms with Gasteiger partial charge in [0.15, 0.2) is 0 Å². The lowest BCUT2D eigenvalue weighted by atomic mass is 9.78. The number of esters is 2. The van der Waals surface area contributed by atoms with Gasteiger partial charge in [0, 0.05) is 12.1 Å². The number of nitrogens with two attached hydrogens (primary N) is 1. The minimum atomic E-state index is -1.00. The highest BCUT2D eigenvalue weighted by Gasteiger charge is 2.56. The number of hydrogen-bond acceptors (Lipinski definition) is 8. The number of nitro groups is 1. The maximum atomic E-state index is 13.1. The van der Waals surface area contributed by atoms with Crippen molar-refractivity contribution in [1.29, 1.82) is 0 Å². The molecule has 2 aliphatic heterocycles. The number of rotatable bonds is 6. The molecule has 2 aliphatic rings. The Morgan fingerprint density at radius 1 is 1.06 bits per heavy atom. The molecular weight excluding hydrogens is 458 g/mol. The molecule has 11 nitrogen and oxygen atoms in total. The zero-order valence-corrected chi connectivity index (χ0v) is 18.8. The first-order valence-corrected chi connectivity index (χ1v) is 10.7. The number of carbonyl (C=O) groups is 4. The van der Waals surface area contributed by atoms with E-state index in [0.29, 0.717) is 17.6 Å². The fraction of sp³-hybridized carbons (Fsp3) is 0.250. The van der Waals surface area contributed by atoms with Gasteiger partial charge in [0.25, 0.3) is 5.69 Å². The van der Waals surface area contributed by atoms with Gasteiger partial charge >= 0.3 is 18.0 Å². The van der Waals surface area contributed by atoms with Crippen molar-refractivity contribution in [1.82, 2.24) is 4.90 Å². The number of benzene rings is 2. The molecule has 35 heavy (non-hydrogen) atoms. The molecule has 2 amide bonds. The Labute approximate surface area is 199 Å². The van der Waals surface area contributed by atoms with E-state index in [1.807, 2.05) is 13.8 Å². The quantitative estimate of drug-likeness (QED) is 0.218. The van der Waals surface area contributed by atoms with E-state index in [-0.39, 0.29) is 46.5 Å². The van der Waals surface area contributed by atoms with Gasteiger partial charge in [-0.05, 0) is 47.7 Å². The summed E-state index contributed by atoms with van der Waals surface area (Å²) < 4.78 is 9.89. The second-order valence-corrected chi connectivity index (χ2v) is 8.50. The van der Waals surface area contributed by atoms with E-state index in [9.17, 15) is 29.3 Å². The molecule has 2 aromatic carbocycles. The van der Waals surface area contributed by atoms with Crippen molar-refractivity contribution < 1.29 is 33.6 Å². The van der Waals surface area contributed by atoms with Crippen LogP contribution in [0.3, 0.4) is 0 Å². The van der Waals surface area contributed by atoms with Gasteiger partial charge in [-0.25, -0.2) is 14.4 Å². The number of hydrogen-bond donors (Lipinski definition) is 1. The van der Waals surface area contributed by atoms with E-state index in [0.717, 1.165) is 12.1 Å². The predicted molar refractivity (Wildman–Crippen MR) is 121 cm³/mol. The normalized spacial score (nSPS) is 18.7. The summed E-state index contributed by atoms with van der Waals surface area (Å²) >= 11 is 0. The van der Waals surface area contributed by atoms with Gasteiger partial charge in [0.1, 0.15) is 11.4 Å². The number of amides is 2. The van der Waals surface area contributed by atoms with Gasteiger partial charge in [-0.1, -0.05) is 26.0 Å². The molecule has 0 aliphatic carbocycles. The van der Waals surface area contributed by atoms with Crippen LogP contribution in [0.1, 0.15) is 36.2 Å². The van der Waals surface area contributed by atoms with Crippen LogP contribution in [0.2, 0.25) is 0 Å². The fourth-order valence-corrected chi connectivity index (χ4v) is 4.47. The molecular formula is C24H21N3O8. The first-order valence-electron chi connectivity index (χ1n) is 10.7. The summed E-state index contributed by atoms with van der Waals surface area (Å²) in [5.74, 6) is -2.26. The Bertz CT molecular complexity index is 1260. The smallest absolute Gasteiger partial charge is 0.409 e. The van der Waals surface area contributed by atoms with Gasteiger partial charge in [-0.2, -0.15) is 0 Å². The lowest BCUT2D eigenvalue weighted by Crippen LogP contribution is -2.60. The van der Waals surface area contributed by atoms with Crippen molar-refractivity contribution in [3.63, 3.8) is 0 Å². The van der Waals surface area contributed by atoms with Gasteiger partial charge in [-0.3, -0.25) is 14.9 Å². The first-order chi connectivity index (χ1) is 16.6. The highest BCUT2D eigenvalue weighted by atomic mass is 16.6. The molecule has 1 saturated heterocycles. The van der Waals surface area contributed by atoms with Crippen LogP contribution < -0.4 is 10.5 Å². The van der Waals surface area contributed by atoms with Gasteiger partial charge < -0.3 is 20.1 Å². The summed E-state index contributed by atoms with van der Waals surface area (Å²) in [5.41, 5.74) is 5.82. The summed E-state index contributed by atoms with van der Waals surface area (Å²) in [6, 6.07) is 10.6. The van der Waals surface area contributed by atoms with Gasteiger partial charge in [-0.15, -0.1) is 0 Å². The SMILES string of the molecule is CC(C)[C@H]1C(=O)N2C(C(=O)OC(=O)c3ccc([N+](=O)[O-])cc3)=C(c3ccc(OC(N)=O)cc3)C[C@H]12. The second kappa shape index (κ2) is 9.01. The van der Waals surface area contributed by atoms with E-state index in [1.54, 1.807) is 12.1 Å². The minimum Gasteiger partial charge on any atom is -0.411 e. The van der Waals surface area contributed by atoms with E-state index < -0.39 is 23.0 Å². The van der Waals surface area contributed by atoms with Crippen LogP contribution in [0, 0.1) is 22.0 Å². The summed E-state index contributed by atoms with van der Waals surface area (Å²) in [4.78, 5) is 61.1. The Morgan fingerprint density at radius 3 is 2.23 bits per heavy atom. The number of carbonyl (C=O) groups excluding carboxylic acids is 4. The van der Waals surface area contributed by atoms with Crippen molar-refractivity contribution in [3.8, 4) is 5.75 Å². The lowest BCUT2D eigenvalue weighted by molar-refractivity contribution is -0.384. The summed E-state index contributed by atoms with van der Waals surface area (Å²) in [5, 5.41) is 10.8. The van der Waals surface area contributed by atoms with Crippen LogP contribution >= 0.6 is 0 Å². The molecule has 4 rings (SSSR count). The Morgan fingerprint density at radius 2 is 1.69 bits per heavy atom. The lowest BCUT2D eigenvalue weighted by Gasteiger charge is -2.45. The van der Waals surface area contributed by atoms with Crippen LogP contribution in [-0.2, 0) is 14.3 Å². The molecule has 2 N–H and O–H groups in total. The largest absolute Gasteiger partial charge is 0.411 e. The molecule has 180 valence electrons. The molecule has 0 bridgehead atoms. The summed E-state index contributed by atoms with van der Waals surface area (Å²) in [6.45, 7) is 3.84. The molecule has 2 atom stereocenters. The fourth-order valence-electron chi connectivity index (χ4n) is 4.47. The third-order valence-electron chi connectivity index (χ3n) is 6.04. The monoisotopic (exact) mass is 479 g/mol. The van der Waals surface area contributed by atoms with Crippen LogP contribution in [-0.4, -0.2) is 39.8 Å². The molecule has 1 fully saturated rings. The number of ether oxygens (including phenoxy) is 2. The Balaban J connectivity index is 1.64. The number of non-ortho nitro benzene ring substituents is 1. The molecule has 2 heterocycles. The number of β-lactam (4-membered cyclic amide) rings is 1. The van der Waals surface area contributed by atoms with Crippen LogP contribution in [0.15, 0.2) is 54.2 Å². The zero-order valence-electron chi connectivity index (χ0n) is 18.8. The number of primary amides is 1. The molecule has 0 aromatic heterocycles. The highest BCUT2D eigenvalue weighted by molar-refractivity contribution is 6.10. The van der Waals surface area contributed by atoms with Gasteiger partial charge in [0.2, 0.25) is 5.91 Å². The average molecular weight is 479 g/mol. The highest BCUT2D eigenvalue weighted by Crippen LogP contribution is 2.48. The van der Waals surface area contributed by atoms with E-state index in [4.69, 9.17) is 15.2 Å². The number of fused-ring (bicyclic) bond motifs is 1. The van der Waals surface area contributed by atoms with Crippen molar-refractivity contribution in [2.45, 2.75) is 26.3 Å². The minimum absolute atomic E-state index is 0.0317. The van der Waals surface area contributed by atoms with Crippen molar-refractivity contribution >= 4 is 35.2 Å². The average Bonchev–Trinajstić information content (AvgIpc) is 3.14. The number of nitro benzene ring substituents is 1. The Kier molecular flexibility index (Phi) is 6.08. The van der Waals surface area contributed by atoms with Crippen molar-refractivity contribution in [3.05, 3.63) is 75.5 Å². The number of nitrogens with zero attached hydrogens (tertiary/aromatic N) is 2. The van der Waals surface area contributed by atoms with Crippen LogP contribution in [0.25, 0.3) is 5.57 Å². The molecule has 0 spiro atoms. The van der Waals surface area contributed by atoms with Crippen LogP contribution in [0.5, 0.6) is 5.75 Å². The first kappa shape index (κ1) is 23.6. The standard InChI is InChI=1S/C24H21N3O8/c1-12(2)19-18-11-17(13-5-9-16(10-6-13)34-24(25)31)20(26(18)21(19)28)23(30)35-22(29)14-3-7-15(8-4-14)27(32)33/h3-10,12,18-19H,11H2,1-2H3,(H2,25,31)/t18-,19-/m1/s1. The maximum absolute atomic E-state index is 13.1. The molecule has 0 unspecified atom stereocenters. The second-order valence-electron chi connectivity index (χ2n) is 8.50.